The molecule has 1 heterocycles. The molecule has 2 aromatic carbocycles. The largest absolute Gasteiger partial charge is 0.349 e. The lowest BCUT2D eigenvalue weighted by Gasteiger charge is -2.34. The highest BCUT2D eigenvalue weighted by atomic mass is 32.1. The fraction of sp³-hybridized carbons (Fsp3) is 0.348. The number of nitrogens with one attached hydrogen (secondary N) is 2. The number of hydrogen-bond acceptors (Lipinski definition) is 3. The molecule has 1 fully saturated rings. The first kappa shape index (κ1) is 19.6. The molecule has 0 aliphatic heterocycles. The molecule has 4 rings (SSSR count). The third-order valence-corrected chi connectivity index (χ3v) is 6.50. The molecule has 3 aromatic rings. The summed E-state index contributed by atoms with van der Waals surface area (Å²) in [6, 6.07) is 14.5. The minimum absolute atomic E-state index is 0.0708. The van der Waals surface area contributed by atoms with Gasteiger partial charge in [0.15, 0.2) is 4.77 Å². The second-order valence-electron chi connectivity index (χ2n) is 8.01. The van der Waals surface area contributed by atoms with Gasteiger partial charge < -0.3 is 10.3 Å². The van der Waals surface area contributed by atoms with E-state index in [1.54, 1.807) is 30.3 Å². The number of amides is 1. The van der Waals surface area contributed by atoms with Gasteiger partial charge in [0, 0.05) is 11.6 Å². The van der Waals surface area contributed by atoms with Gasteiger partial charge in [-0.15, -0.1) is 0 Å². The van der Waals surface area contributed by atoms with Crippen molar-refractivity contribution in [2.75, 3.05) is 0 Å². The summed E-state index contributed by atoms with van der Waals surface area (Å²) >= 11 is 5.39. The number of aromatic nitrogens is 2. The Labute approximate surface area is 174 Å². The quantitative estimate of drug-likeness (QED) is 0.624. The van der Waals surface area contributed by atoms with E-state index < -0.39 is 0 Å². The first-order valence-corrected chi connectivity index (χ1v) is 10.5. The number of para-hydroxylation sites is 1. The van der Waals surface area contributed by atoms with Crippen LogP contribution in [0.15, 0.2) is 53.3 Å². The zero-order chi connectivity index (χ0) is 20.5. The third kappa shape index (κ3) is 3.77. The van der Waals surface area contributed by atoms with Crippen LogP contribution in [-0.4, -0.2) is 21.5 Å². The van der Waals surface area contributed by atoms with Gasteiger partial charge in [0.05, 0.1) is 16.6 Å². The standard InChI is InChI=1S/C23H25N3O2S/c1-14-6-5-9-19(15(14)2)24-21(27)16-10-12-17(13-11-16)26-22(28)18-7-3-4-8-20(18)25-23(26)29/h3-4,7-8,10-15,19H,5-6,9H2,1-2H3,(H,24,27)(H,25,29)/t14-,15+,19-/m1/s1. The summed E-state index contributed by atoms with van der Waals surface area (Å²) in [6.45, 7) is 4.47. The van der Waals surface area contributed by atoms with Gasteiger partial charge in [-0.2, -0.15) is 0 Å². The minimum atomic E-state index is -0.174. The SMILES string of the molecule is C[C@H]1[C@H](C)CCC[C@H]1NC(=O)c1ccc(-n2c(=S)[nH]c3ccccc3c2=O)cc1. The summed E-state index contributed by atoms with van der Waals surface area (Å²) in [5.41, 5.74) is 1.76. The number of rotatable bonds is 3. The first-order valence-electron chi connectivity index (χ1n) is 10.1. The van der Waals surface area contributed by atoms with Crippen LogP contribution in [0.4, 0.5) is 0 Å². The number of carbonyl (C=O) groups excluding carboxylic acids is 1. The molecular formula is C23H25N3O2S. The van der Waals surface area contributed by atoms with Crippen LogP contribution in [0.5, 0.6) is 0 Å². The maximum absolute atomic E-state index is 12.9. The van der Waals surface area contributed by atoms with Crippen LogP contribution in [0.3, 0.4) is 0 Å². The Morgan fingerprint density at radius 2 is 1.83 bits per heavy atom. The summed E-state index contributed by atoms with van der Waals surface area (Å²) < 4.78 is 1.79. The number of aromatic amines is 1. The van der Waals surface area contributed by atoms with Crippen molar-refractivity contribution in [2.45, 2.75) is 39.2 Å². The molecule has 0 saturated heterocycles. The van der Waals surface area contributed by atoms with E-state index in [-0.39, 0.29) is 17.5 Å². The number of carbonyl (C=O) groups is 1. The maximum Gasteiger partial charge on any atom is 0.266 e. The molecule has 6 heteroatoms. The lowest BCUT2D eigenvalue weighted by atomic mass is 9.78. The van der Waals surface area contributed by atoms with E-state index in [4.69, 9.17) is 12.2 Å². The lowest BCUT2D eigenvalue weighted by Crippen LogP contribution is -2.43. The molecule has 1 saturated carbocycles. The fourth-order valence-corrected chi connectivity index (χ4v) is 4.49. The molecule has 0 unspecified atom stereocenters. The van der Waals surface area contributed by atoms with E-state index in [1.807, 2.05) is 18.2 Å². The number of fused-ring (bicyclic) bond motifs is 1. The Morgan fingerprint density at radius 1 is 1.10 bits per heavy atom. The second-order valence-corrected chi connectivity index (χ2v) is 8.40. The molecule has 0 bridgehead atoms. The number of hydrogen-bond donors (Lipinski definition) is 2. The van der Waals surface area contributed by atoms with Crippen molar-refractivity contribution in [1.82, 2.24) is 14.9 Å². The van der Waals surface area contributed by atoms with Gasteiger partial charge in [-0.3, -0.25) is 14.2 Å². The van der Waals surface area contributed by atoms with Crippen molar-refractivity contribution in [2.24, 2.45) is 11.8 Å². The summed E-state index contributed by atoms with van der Waals surface area (Å²) in [6.07, 6.45) is 3.40. The molecule has 5 nitrogen and oxygen atoms in total. The van der Waals surface area contributed by atoms with Crippen molar-refractivity contribution in [3.8, 4) is 5.69 Å². The first-order chi connectivity index (χ1) is 14.0. The second kappa shape index (κ2) is 7.95. The van der Waals surface area contributed by atoms with E-state index in [0.29, 0.717) is 38.8 Å². The molecule has 1 aromatic heterocycles. The number of H-pyrrole nitrogens is 1. The predicted molar refractivity (Wildman–Crippen MR) is 118 cm³/mol. The van der Waals surface area contributed by atoms with Crippen molar-refractivity contribution < 1.29 is 4.79 Å². The smallest absolute Gasteiger partial charge is 0.266 e. The van der Waals surface area contributed by atoms with Crippen LogP contribution >= 0.6 is 12.2 Å². The van der Waals surface area contributed by atoms with Crippen LogP contribution in [-0.2, 0) is 0 Å². The Bertz CT molecular complexity index is 1160. The average molecular weight is 408 g/mol. The molecule has 2 N–H and O–H groups in total. The predicted octanol–water partition coefficient (Wildman–Crippen LogP) is 4.60. The third-order valence-electron chi connectivity index (χ3n) is 6.22. The van der Waals surface area contributed by atoms with Gasteiger partial charge in [0.25, 0.3) is 11.5 Å². The van der Waals surface area contributed by atoms with Gasteiger partial charge in [-0.1, -0.05) is 38.8 Å². The van der Waals surface area contributed by atoms with E-state index in [2.05, 4.69) is 24.1 Å². The number of benzene rings is 2. The van der Waals surface area contributed by atoms with E-state index in [1.165, 1.54) is 11.0 Å². The number of nitrogens with zero attached hydrogens (tertiary/aromatic N) is 1. The summed E-state index contributed by atoms with van der Waals surface area (Å²) in [5.74, 6) is 1.03. The zero-order valence-electron chi connectivity index (χ0n) is 16.6. The Balaban J connectivity index is 1.60. The highest BCUT2D eigenvalue weighted by molar-refractivity contribution is 7.71. The van der Waals surface area contributed by atoms with Crippen molar-refractivity contribution in [3.05, 3.63) is 69.2 Å². The Kier molecular flexibility index (Phi) is 5.37. The van der Waals surface area contributed by atoms with Gasteiger partial charge in [-0.25, -0.2) is 0 Å². The van der Waals surface area contributed by atoms with Gasteiger partial charge >= 0.3 is 0 Å². The topological polar surface area (TPSA) is 66.9 Å². The summed E-state index contributed by atoms with van der Waals surface area (Å²) in [5, 5.41) is 3.76. The zero-order valence-corrected chi connectivity index (χ0v) is 17.5. The van der Waals surface area contributed by atoms with Crippen LogP contribution in [0.2, 0.25) is 0 Å². The molecule has 29 heavy (non-hydrogen) atoms. The highest BCUT2D eigenvalue weighted by Gasteiger charge is 2.28. The van der Waals surface area contributed by atoms with Crippen molar-refractivity contribution >= 4 is 29.0 Å². The van der Waals surface area contributed by atoms with E-state index in [9.17, 15) is 9.59 Å². The van der Waals surface area contributed by atoms with Crippen molar-refractivity contribution in [1.29, 1.82) is 0 Å². The maximum atomic E-state index is 12.9. The van der Waals surface area contributed by atoms with Gasteiger partial charge in [0.2, 0.25) is 0 Å². The van der Waals surface area contributed by atoms with Crippen LogP contribution in [0.25, 0.3) is 16.6 Å². The molecular weight excluding hydrogens is 382 g/mol. The fourth-order valence-electron chi connectivity index (χ4n) is 4.20. The molecule has 1 amide bonds. The average Bonchev–Trinajstić information content (AvgIpc) is 2.72. The summed E-state index contributed by atoms with van der Waals surface area (Å²) in [4.78, 5) is 28.7. The van der Waals surface area contributed by atoms with Crippen LogP contribution in [0, 0.1) is 16.6 Å². The molecule has 1 aliphatic rings. The Hall–Kier alpha value is -2.73. The molecule has 0 radical (unpaired) electrons. The molecule has 3 atom stereocenters. The van der Waals surface area contributed by atoms with Gasteiger partial charge in [-0.05, 0) is 66.9 Å². The molecule has 1 aliphatic carbocycles. The van der Waals surface area contributed by atoms with Gasteiger partial charge in [0.1, 0.15) is 0 Å². The summed E-state index contributed by atoms with van der Waals surface area (Å²) in [7, 11) is 0. The van der Waals surface area contributed by atoms with E-state index >= 15 is 0 Å². The molecule has 0 spiro atoms. The Morgan fingerprint density at radius 3 is 2.59 bits per heavy atom. The van der Waals surface area contributed by atoms with Crippen molar-refractivity contribution in [3.63, 3.8) is 0 Å². The van der Waals surface area contributed by atoms with Crippen LogP contribution < -0.4 is 10.9 Å². The van der Waals surface area contributed by atoms with Crippen LogP contribution in [0.1, 0.15) is 43.5 Å². The molecule has 150 valence electrons. The minimum Gasteiger partial charge on any atom is -0.349 e. The highest BCUT2D eigenvalue weighted by Crippen LogP contribution is 2.29. The lowest BCUT2D eigenvalue weighted by molar-refractivity contribution is 0.0891. The monoisotopic (exact) mass is 407 g/mol. The van der Waals surface area contributed by atoms with E-state index in [0.717, 1.165) is 12.8 Å². The normalized spacial score (nSPS) is 21.8.